The fourth-order valence-electron chi connectivity index (χ4n) is 2.55. The highest BCUT2D eigenvalue weighted by Gasteiger charge is 2.23. The molecule has 1 aromatic rings. The standard InChI is InChI=1S/C14H23N3O3S2/c1-16(10-13-4-3-9-21-13)14(18)11-17-7-5-12(6-8-17)15-22(2,19)20/h3-4,9,12,15H,5-8,10-11H2,1-2H3. The van der Waals surface area contributed by atoms with Crippen molar-refractivity contribution in [2.45, 2.75) is 25.4 Å². The van der Waals surface area contributed by atoms with Crippen molar-refractivity contribution in [1.29, 1.82) is 0 Å². The molecule has 1 aliphatic heterocycles. The summed E-state index contributed by atoms with van der Waals surface area (Å²) in [5.41, 5.74) is 0. The van der Waals surface area contributed by atoms with Crippen molar-refractivity contribution in [3.8, 4) is 0 Å². The number of amides is 1. The van der Waals surface area contributed by atoms with Crippen LogP contribution in [0.15, 0.2) is 17.5 Å². The van der Waals surface area contributed by atoms with E-state index in [0.29, 0.717) is 13.1 Å². The number of thiophene rings is 1. The van der Waals surface area contributed by atoms with E-state index >= 15 is 0 Å². The van der Waals surface area contributed by atoms with Crippen LogP contribution >= 0.6 is 11.3 Å². The first kappa shape index (κ1) is 17.4. The van der Waals surface area contributed by atoms with Gasteiger partial charge >= 0.3 is 0 Å². The minimum atomic E-state index is -3.15. The predicted molar refractivity (Wildman–Crippen MR) is 88.2 cm³/mol. The van der Waals surface area contributed by atoms with E-state index in [1.54, 1.807) is 16.2 Å². The summed E-state index contributed by atoms with van der Waals surface area (Å²) in [5.74, 6) is 0.0999. The van der Waals surface area contributed by atoms with Crippen LogP contribution in [0.2, 0.25) is 0 Å². The Hall–Kier alpha value is -0.960. The van der Waals surface area contributed by atoms with E-state index in [9.17, 15) is 13.2 Å². The summed E-state index contributed by atoms with van der Waals surface area (Å²) in [6.45, 7) is 2.52. The zero-order valence-electron chi connectivity index (χ0n) is 13.0. The Labute approximate surface area is 136 Å². The van der Waals surface area contributed by atoms with E-state index in [1.165, 1.54) is 11.1 Å². The van der Waals surface area contributed by atoms with Crippen LogP contribution in [0.5, 0.6) is 0 Å². The average Bonchev–Trinajstić information content (AvgIpc) is 2.92. The quantitative estimate of drug-likeness (QED) is 0.825. The molecule has 0 atom stereocenters. The summed E-state index contributed by atoms with van der Waals surface area (Å²) in [4.78, 5) is 17.2. The van der Waals surface area contributed by atoms with Gasteiger partial charge in [0, 0.05) is 31.1 Å². The molecule has 1 N–H and O–H groups in total. The first-order valence-electron chi connectivity index (χ1n) is 7.29. The molecule has 1 amide bonds. The highest BCUT2D eigenvalue weighted by atomic mass is 32.2. The van der Waals surface area contributed by atoms with E-state index < -0.39 is 10.0 Å². The van der Waals surface area contributed by atoms with Gasteiger partial charge in [0.15, 0.2) is 0 Å². The molecule has 2 rings (SSSR count). The van der Waals surface area contributed by atoms with Gasteiger partial charge in [0.25, 0.3) is 0 Å². The molecule has 0 aliphatic carbocycles. The van der Waals surface area contributed by atoms with Crippen LogP contribution in [0.1, 0.15) is 17.7 Å². The molecule has 0 bridgehead atoms. The van der Waals surface area contributed by atoms with Crippen LogP contribution in [0, 0.1) is 0 Å². The molecule has 0 unspecified atom stereocenters. The first-order valence-corrected chi connectivity index (χ1v) is 10.1. The normalized spacial score (nSPS) is 17.5. The summed E-state index contributed by atoms with van der Waals surface area (Å²) in [7, 11) is -1.33. The van der Waals surface area contributed by atoms with Gasteiger partial charge in [-0.3, -0.25) is 9.69 Å². The fraction of sp³-hybridized carbons (Fsp3) is 0.643. The van der Waals surface area contributed by atoms with Crippen molar-refractivity contribution in [3.05, 3.63) is 22.4 Å². The number of hydrogen-bond donors (Lipinski definition) is 1. The lowest BCUT2D eigenvalue weighted by atomic mass is 10.1. The number of carbonyl (C=O) groups is 1. The Morgan fingerprint density at radius 1 is 1.45 bits per heavy atom. The number of likely N-dealkylation sites (N-methyl/N-ethyl adjacent to an activating group) is 1. The molecule has 124 valence electrons. The Kier molecular flexibility index (Phi) is 5.96. The summed E-state index contributed by atoms with van der Waals surface area (Å²) in [5, 5.41) is 2.01. The number of sulfonamides is 1. The fourth-order valence-corrected chi connectivity index (χ4v) is 4.15. The van der Waals surface area contributed by atoms with Crippen LogP contribution in [0.25, 0.3) is 0 Å². The van der Waals surface area contributed by atoms with Crippen molar-refractivity contribution in [2.75, 3.05) is 32.9 Å². The minimum absolute atomic E-state index is 0.00907. The van der Waals surface area contributed by atoms with Crippen LogP contribution in [0.4, 0.5) is 0 Å². The third-order valence-electron chi connectivity index (χ3n) is 3.73. The maximum atomic E-state index is 12.2. The summed E-state index contributed by atoms with van der Waals surface area (Å²) in [6, 6.07) is 4.00. The summed E-state index contributed by atoms with van der Waals surface area (Å²) in [6.07, 6.45) is 2.67. The Balaban J connectivity index is 1.74. The summed E-state index contributed by atoms with van der Waals surface area (Å²) < 4.78 is 25.1. The Bertz CT molecular complexity index is 578. The second-order valence-electron chi connectivity index (χ2n) is 5.77. The molecule has 2 heterocycles. The number of nitrogens with one attached hydrogen (secondary N) is 1. The SMILES string of the molecule is CN(Cc1cccs1)C(=O)CN1CCC(NS(C)(=O)=O)CC1. The van der Waals surface area contributed by atoms with Crippen LogP contribution in [-0.2, 0) is 21.4 Å². The molecule has 8 heteroatoms. The van der Waals surface area contributed by atoms with E-state index in [-0.39, 0.29) is 11.9 Å². The molecule has 22 heavy (non-hydrogen) atoms. The molecule has 1 fully saturated rings. The van der Waals surface area contributed by atoms with Crippen molar-refractivity contribution in [2.24, 2.45) is 0 Å². The molecule has 1 saturated heterocycles. The van der Waals surface area contributed by atoms with Gasteiger partial charge in [-0.15, -0.1) is 11.3 Å². The molecule has 0 radical (unpaired) electrons. The van der Waals surface area contributed by atoms with Gasteiger partial charge in [0.2, 0.25) is 15.9 Å². The smallest absolute Gasteiger partial charge is 0.236 e. The van der Waals surface area contributed by atoms with E-state index in [1.807, 2.05) is 24.6 Å². The molecular formula is C14H23N3O3S2. The number of hydrogen-bond acceptors (Lipinski definition) is 5. The van der Waals surface area contributed by atoms with Crippen molar-refractivity contribution in [1.82, 2.24) is 14.5 Å². The molecule has 0 aromatic carbocycles. The lowest BCUT2D eigenvalue weighted by Crippen LogP contribution is -2.47. The zero-order chi connectivity index (χ0) is 16.2. The van der Waals surface area contributed by atoms with E-state index in [4.69, 9.17) is 0 Å². The van der Waals surface area contributed by atoms with Crippen LogP contribution < -0.4 is 4.72 Å². The Morgan fingerprint density at radius 3 is 2.68 bits per heavy atom. The van der Waals surface area contributed by atoms with Gasteiger partial charge in [0.1, 0.15) is 0 Å². The average molecular weight is 345 g/mol. The number of carbonyl (C=O) groups excluding carboxylic acids is 1. The maximum Gasteiger partial charge on any atom is 0.236 e. The highest BCUT2D eigenvalue weighted by Crippen LogP contribution is 2.13. The second-order valence-corrected chi connectivity index (χ2v) is 8.58. The number of nitrogens with zero attached hydrogens (tertiary/aromatic N) is 2. The lowest BCUT2D eigenvalue weighted by molar-refractivity contribution is -0.131. The second kappa shape index (κ2) is 7.54. The number of likely N-dealkylation sites (tertiary alicyclic amines) is 1. The third-order valence-corrected chi connectivity index (χ3v) is 5.35. The first-order chi connectivity index (χ1) is 10.3. The summed E-state index contributed by atoms with van der Waals surface area (Å²) >= 11 is 1.65. The number of rotatable bonds is 6. The van der Waals surface area contributed by atoms with Crippen molar-refractivity contribution in [3.63, 3.8) is 0 Å². The van der Waals surface area contributed by atoms with Gasteiger partial charge in [0.05, 0.1) is 19.3 Å². The lowest BCUT2D eigenvalue weighted by Gasteiger charge is -2.32. The number of piperidine rings is 1. The van der Waals surface area contributed by atoms with Gasteiger partial charge in [-0.1, -0.05) is 6.07 Å². The van der Waals surface area contributed by atoms with Crippen LogP contribution in [-0.4, -0.2) is 63.1 Å². The van der Waals surface area contributed by atoms with E-state index in [0.717, 1.165) is 25.9 Å². The van der Waals surface area contributed by atoms with Crippen molar-refractivity contribution < 1.29 is 13.2 Å². The van der Waals surface area contributed by atoms with Gasteiger partial charge < -0.3 is 4.90 Å². The monoisotopic (exact) mass is 345 g/mol. The predicted octanol–water partition coefficient (Wildman–Crippen LogP) is 0.720. The molecule has 1 aromatic heterocycles. The van der Waals surface area contributed by atoms with Gasteiger partial charge in [-0.05, 0) is 24.3 Å². The third kappa shape index (κ3) is 5.68. The van der Waals surface area contributed by atoms with Gasteiger partial charge in [-0.2, -0.15) is 0 Å². The minimum Gasteiger partial charge on any atom is -0.340 e. The molecule has 6 nitrogen and oxygen atoms in total. The highest BCUT2D eigenvalue weighted by molar-refractivity contribution is 7.88. The molecule has 1 aliphatic rings. The van der Waals surface area contributed by atoms with Crippen molar-refractivity contribution >= 4 is 27.3 Å². The van der Waals surface area contributed by atoms with Crippen LogP contribution in [0.3, 0.4) is 0 Å². The Morgan fingerprint density at radius 2 is 2.14 bits per heavy atom. The van der Waals surface area contributed by atoms with Gasteiger partial charge in [-0.25, -0.2) is 13.1 Å². The molecular weight excluding hydrogens is 322 g/mol. The molecule has 0 spiro atoms. The molecule has 0 saturated carbocycles. The maximum absolute atomic E-state index is 12.2. The topological polar surface area (TPSA) is 69.7 Å². The zero-order valence-corrected chi connectivity index (χ0v) is 14.6. The van der Waals surface area contributed by atoms with E-state index in [2.05, 4.69) is 9.62 Å². The largest absolute Gasteiger partial charge is 0.340 e.